The molecule has 0 fully saturated rings. The smallest absolute Gasteiger partial charge is 0.341 e. The van der Waals surface area contributed by atoms with E-state index in [9.17, 15) is 14.7 Å². The van der Waals surface area contributed by atoms with E-state index in [1.54, 1.807) is 28.8 Å². The van der Waals surface area contributed by atoms with Crippen LogP contribution in [0.4, 0.5) is 0 Å². The third-order valence-corrected chi connectivity index (χ3v) is 3.56. The van der Waals surface area contributed by atoms with Crippen LogP contribution in [0.5, 0.6) is 11.6 Å². The van der Waals surface area contributed by atoms with Crippen LogP contribution in [0.25, 0.3) is 11.0 Å². The number of para-hydroxylation sites is 1. The van der Waals surface area contributed by atoms with Gasteiger partial charge in [0.05, 0.1) is 5.39 Å². The van der Waals surface area contributed by atoms with E-state index in [0.29, 0.717) is 23.8 Å². The first-order chi connectivity index (χ1) is 11.6. The van der Waals surface area contributed by atoms with Crippen molar-refractivity contribution in [3.05, 3.63) is 64.4 Å². The standard InChI is InChI=1S/C18H16N2O4/c1-2-10-20-11-14(18(22)23)16(21)13-8-9-15(19-17(13)20)24-12-6-4-3-5-7-12/h3-9,11H,2,10H2,1H3,(H,22,23). The van der Waals surface area contributed by atoms with Crippen LogP contribution < -0.4 is 10.2 Å². The number of carboxylic acids is 1. The first-order valence-electron chi connectivity index (χ1n) is 7.60. The molecule has 1 N–H and O–H groups in total. The molecule has 0 saturated carbocycles. The highest BCUT2D eigenvalue weighted by molar-refractivity contribution is 5.91. The summed E-state index contributed by atoms with van der Waals surface area (Å²) >= 11 is 0. The topological polar surface area (TPSA) is 81.4 Å². The summed E-state index contributed by atoms with van der Waals surface area (Å²) in [6.45, 7) is 2.52. The molecule has 0 atom stereocenters. The molecule has 6 nitrogen and oxygen atoms in total. The second-order valence-corrected chi connectivity index (χ2v) is 5.31. The Labute approximate surface area is 138 Å². The summed E-state index contributed by atoms with van der Waals surface area (Å²) in [7, 11) is 0. The maximum atomic E-state index is 12.3. The number of carboxylic acid groups (broad SMARTS) is 1. The lowest BCUT2D eigenvalue weighted by molar-refractivity contribution is 0.0695. The Kier molecular flexibility index (Phi) is 4.29. The van der Waals surface area contributed by atoms with E-state index >= 15 is 0 Å². The van der Waals surface area contributed by atoms with Crippen LogP contribution in [0.1, 0.15) is 23.7 Å². The number of benzene rings is 1. The SMILES string of the molecule is CCCn1cc(C(=O)O)c(=O)c2ccc(Oc3ccccc3)nc21. The molecule has 0 amide bonds. The Morgan fingerprint density at radius 3 is 2.62 bits per heavy atom. The Hall–Kier alpha value is -3.15. The summed E-state index contributed by atoms with van der Waals surface area (Å²) in [4.78, 5) is 28.0. The summed E-state index contributed by atoms with van der Waals surface area (Å²) in [5.41, 5.74) is -0.377. The Morgan fingerprint density at radius 1 is 1.21 bits per heavy atom. The summed E-state index contributed by atoms with van der Waals surface area (Å²) in [5, 5.41) is 9.48. The minimum absolute atomic E-state index is 0.255. The number of hydrogen-bond donors (Lipinski definition) is 1. The number of rotatable bonds is 5. The molecule has 0 unspecified atom stereocenters. The van der Waals surface area contributed by atoms with Gasteiger partial charge in [-0.1, -0.05) is 25.1 Å². The molecule has 3 aromatic rings. The molecule has 3 rings (SSSR count). The van der Waals surface area contributed by atoms with Gasteiger partial charge in [0, 0.05) is 18.8 Å². The predicted octanol–water partition coefficient (Wildman–Crippen LogP) is 3.30. The quantitative estimate of drug-likeness (QED) is 0.779. The fraction of sp³-hybridized carbons (Fsp3) is 0.167. The average Bonchev–Trinajstić information content (AvgIpc) is 2.58. The zero-order valence-corrected chi connectivity index (χ0v) is 13.1. The van der Waals surface area contributed by atoms with Crippen molar-refractivity contribution in [3.8, 4) is 11.6 Å². The summed E-state index contributed by atoms with van der Waals surface area (Å²) in [5.74, 6) is -0.256. The van der Waals surface area contributed by atoms with Gasteiger partial charge in [0.25, 0.3) is 0 Å². The molecule has 2 heterocycles. The molecule has 24 heavy (non-hydrogen) atoms. The fourth-order valence-corrected chi connectivity index (χ4v) is 2.48. The average molecular weight is 324 g/mol. The number of aromatic carboxylic acids is 1. The lowest BCUT2D eigenvalue weighted by atomic mass is 10.2. The highest BCUT2D eigenvalue weighted by Gasteiger charge is 2.16. The number of ether oxygens (including phenoxy) is 1. The second-order valence-electron chi connectivity index (χ2n) is 5.31. The Morgan fingerprint density at radius 2 is 1.96 bits per heavy atom. The molecule has 0 saturated heterocycles. The number of fused-ring (bicyclic) bond motifs is 1. The molecule has 0 aliphatic rings. The number of carbonyl (C=O) groups is 1. The van der Waals surface area contributed by atoms with Crippen LogP contribution in [0, 0.1) is 0 Å². The van der Waals surface area contributed by atoms with Crippen molar-refractivity contribution in [2.75, 3.05) is 0 Å². The van der Waals surface area contributed by atoms with Gasteiger partial charge in [-0.2, -0.15) is 4.98 Å². The van der Waals surface area contributed by atoms with Gasteiger partial charge in [-0.3, -0.25) is 4.79 Å². The van der Waals surface area contributed by atoms with Gasteiger partial charge in [-0.25, -0.2) is 4.79 Å². The van der Waals surface area contributed by atoms with Crippen molar-refractivity contribution in [3.63, 3.8) is 0 Å². The van der Waals surface area contributed by atoms with Crippen LogP contribution >= 0.6 is 0 Å². The van der Waals surface area contributed by atoms with Crippen molar-refractivity contribution in [2.45, 2.75) is 19.9 Å². The van der Waals surface area contributed by atoms with E-state index in [2.05, 4.69) is 4.98 Å². The number of aromatic nitrogens is 2. The van der Waals surface area contributed by atoms with E-state index in [1.165, 1.54) is 6.20 Å². The third-order valence-electron chi connectivity index (χ3n) is 3.56. The zero-order valence-electron chi connectivity index (χ0n) is 13.1. The van der Waals surface area contributed by atoms with Crippen molar-refractivity contribution >= 4 is 17.0 Å². The van der Waals surface area contributed by atoms with Crippen molar-refractivity contribution < 1.29 is 14.6 Å². The number of pyridine rings is 2. The van der Waals surface area contributed by atoms with Crippen LogP contribution in [-0.2, 0) is 6.54 Å². The van der Waals surface area contributed by atoms with Gasteiger partial charge in [0.15, 0.2) is 0 Å². The minimum atomic E-state index is -1.24. The molecule has 0 bridgehead atoms. The number of nitrogens with zero attached hydrogens (tertiary/aromatic N) is 2. The zero-order chi connectivity index (χ0) is 17.1. The highest BCUT2D eigenvalue weighted by Crippen LogP contribution is 2.21. The second kappa shape index (κ2) is 6.54. The lowest BCUT2D eigenvalue weighted by Crippen LogP contribution is -2.19. The predicted molar refractivity (Wildman–Crippen MR) is 89.8 cm³/mol. The van der Waals surface area contributed by atoms with Gasteiger partial charge >= 0.3 is 5.97 Å². The lowest BCUT2D eigenvalue weighted by Gasteiger charge is -2.12. The number of aryl methyl sites for hydroxylation is 1. The fourth-order valence-electron chi connectivity index (χ4n) is 2.48. The van der Waals surface area contributed by atoms with E-state index < -0.39 is 11.4 Å². The first-order valence-corrected chi connectivity index (χ1v) is 7.60. The van der Waals surface area contributed by atoms with E-state index in [-0.39, 0.29) is 10.9 Å². The maximum absolute atomic E-state index is 12.3. The van der Waals surface area contributed by atoms with Crippen LogP contribution in [0.2, 0.25) is 0 Å². The highest BCUT2D eigenvalue weighted by atomic mass is 16.5. The molecule has 6 heteroatoms. The monoisotopic (exact) mass is 324 g/mol. The van der Waals surface area contributed by atoms with E-state index in [1.807, 2.05) is 25.1 Å². The summed E-state index contributed by atoms with van der Waals surface area (Å²) < 4.78 is 7.37. The molecule has 122 valence electrons. The van der Waals surface area contributed by atoms with Crippen molar-refractivity contribution in [1.29, 1.82) is 0 Å². The maximum Gasteiger partial charge on any atom is 0.341 e. The normalized spacial score (nSPS) is 10.7. The van der Waals surface area contributed by atoms with Gasteiger partial charge in [0.2, 0.25) is 11.3 Å². The van der Waals surface area contributed by atoms with Crippen LogP contribution in [0.15, 0.2) is 53.5 Å². The summed E-state index contributed by atoms with van der Waals surface area (Å²) in [6, 6.07) is 12.3. The molecular weight excluding hydrogens is 308 g/mol. The molecule has 0 aliphatic carbocycles. The van der Waals surface area contributed by atoms with Gasteiger partial charge in [-0.15, -0.1) is 0 Å². The van der Waals surface area contributed by atoms with E-state index in [0.717, 1.165) is 6.42 Å². The minimum Gasteiger partial charge on any atom is -0.477 e. The molecule has 0 aliphatic heterocycles. The van der Waals surface area contributed by atoms with Crippen molar-refractivity contribution in [2.24, 2.45) is 0 Å². The van der Waals surface area contributed by atoms with Crippen molar-refractivity contribution in [1.82, 2.24) is 9.55 Å². The molecular formula is C18H16N2O4. The van der Waals surface area contributed by atoms with Gasteiger partial charge in [0.1, 0.15) is 17.0 Å². The van der Waals surface area contributed by atoms with Crippen LogP contribution in [0.3, 0.4) is 0 Å². The Bertz CT molecular complexity index is 948. The summed E-state index contributed by atoms with van der Waals surface area (Å²) in [6.07, 6.45) is 2.12. The largest absolute Gasteiger partial charge is 0.477 e. The molecule has 0 spiro atoms. The third kappa shape index (κ3) is 2.99. The number of hydrogen-bond acceptors (Lipinski definition) is 4. The van der Waals surface area contributed by atoms with Gasteiger partial charge < -0.3 is 14.4 Å². The first kappa shape index (κ1) is 15.7. The van der Waals surface area contributed by atoms with Gasteiger partial charge in [-0.05, 0) is 24.6 Å². The van der Waals surface area contributed by atoms with Crippen LogP contribution in [-0.4, -0.2) is 20.6 Å². The molecule has 2 aromatic heterocycles. The molecule has 1 aromatic carbocycles. The van der Waals surface area contributed by atoms with E-state index in [4.69, 9.17) is 4.74 Å². The molecule has 0 radical (unpaired) electrons. The Balaban J connectivity index is 2.14.